The van der Waals surface area contributed by atoms with Crippen LogP contribution in [0.2, 0.25) is 0 Å². The standard InChI is InChI=1S/C20H27N3O4/c1-26-20(27-2)13-19(14-20)8-11-22(12-9-19)15-3-5-16(6-4-15)23-10-7-17(24)21-18(23)25/h3-6H,7-14H2,1-2H3,(H,21,24,25). The minimum atomic E-state index is -0.375. The Kier molecular flexibility index (Phi) is 4.60. The van der Waals surface area contributed by atoms with Crippen LogP contribution in [0.5, 0.6) is 0 Å². The summed E-state index contributed by atoms with van der Waals surface area (Å²) in [6, 6.07) is 7.70. The molecule has 1 saturated carbocycles. The number of anilines is 2. The molecule has 3 amide bonds. The number of hydrogen-bond donors (Lipinski definition) is 1. The molecular weight excluding hydrogens is 346 g/mol. The van der Waals surface area contributed by atoms with Gasteiger partial charge in [0.2, 0.25) is 5.91 Å². The van der Waals surface area contributed by atoms with Gasteiger partial charge in [0.25, 0.3) is 0 Å². The fourth-order valence-corrected chi connectivity index (χ4v) is 4.71. The number of urea groups is 1. The minimum absolute atomic E-state index is 0.211. The third-order valence-electron chi connectivity index (χ3n) is 6.44. The van der Waals surface area contributed by atoms with Crippen LogP contribution in [0.1, 0.15) is 32.1 Å². The van der Waals surface area contributed by atoms with Crippen molar-refractivity contribution in [1.82, 2.24) is 5.32 Å². The Labute approximate surface area is 159 Å². The Hall–Kier alpha value is -2.12. The van der Waals surface area contributed by atoms with Crippen LogP contribution in [-0.2, 0) is 14.3 Å². The number of amides is 3. The van der Waals surface area contributed by atoms with Crippen LogP contribution >= 0.6 is 0 Å². The van der Waals surface area contributed by atoms with Gasteiger partial charge in [-0.05, 0) is 42.5 Å². The van der Waals surface area contributed by atoms with Gasteiger partial charge in [-0.25, -0.2) is 4.79 Å². The number of nitrogens with one attached hydrogen (secondary N) is 1. The van der Waals surface area contributed by atoms with Crippen LogP contribution in [0.3, 0.4) is 0 Å². The molecule has 2 saturated heterocycles. The maximum absolute atomic E-state index is 12.0. The van der Waals surface area contributed by atoms with E-state index in [0.29, 0.717) is 18.4 Å². The van der Waals surface area contributed by atoms with Crippen molar-refractivity contribution in [2.24, 2.45) is 5.41 Å². The van der Waals surface area contributed by atoms with Gasteiger partial charge in [0.05, 0.1) is 0 Å². The molecule has 1 aromatic carbocycles. The fraction of sp³-hybridized carbons (Fsp3) is 0.600. The van der Waals surface area contributed by atoms with Gasteiger partial charge in [0, 0.05) is 64.5 Å². The van der Waals surface area contributed by atoms with E-state index < -0.39 is 0 Å². The third kappa shape index (κ3) is 3.30. The number of rotatable bonds is 4. The van der Waals surface area contributed by atoms with Gasteiger partial charge in [-0.1, -0.05) is 0 Å². The molecule has 1 aliphatic carbocycles. The van der Waals surface area contributed by atoms with Crippen molar-refractivity contribution in [3.05, 3.63) is 24.3 Å². The average Bonchev–Trinajstić information content (AvgIpc) is 2.66. The van der Waals surface area contributed by atoms with Crippen LogP contribution in [0.4, 0.5) is 16.2 Å². The van der Waals surface area contributed by atoms with Gasteiger partial charge in [-0.2, -0.15) is 0 Å². The van der Waals surface area contributed by atoms with Crippen LogP contribution in [0, 0.1) is 5.41 Å². The largest absolute Gasteiger partial charge is 0.371 e. The first-order chi connectivity index (χ1) is 13.0. The van der Waals surface area contributed by atoms with Crippen LogP contribution in [0.25, 0.3) is 0 Å². The van der Waals surface area contributed by atoms with Gasteiger partial charge < -0.3 is 14.4 Å². The smallest absolute Gasteiger partial charge is 0.328 e. The Balaban J connectivity index is 1.36. The quantitative estimate of drug-likeness (QED) is 0.821. The molecule has 1 spiro atoms. The number of carbonyl (C=O) groups excluding carboxylic acids is 2. The van der Waals surface area contributed by atoms with E-state index in [2.05, 4.69) is 22.3 Å². The molecule has 7 nitrogen and oxygen atoms in total. The average molecular weight is 373 g/mol. The van der Waals surface area contributed by atoms with Crippen molar-refractivity contribution in [1.29, 1.82) is 0 Å². The monoisotopic (exact) mass is 373 g/mol. The molecule has 0 radical (unpaired) electrons. The molecule has 0 unspecified atom stereocenters. The van der Waals surface area contributed by atoms with Crippen LogP contribution in [0.15, 0.2) is 24.3 Å². The van der Waals surface area contributed by atoms with Crippen molar-refractivity contribution in [3.63, 3.8) is 0 Å². The molecule has 2 aliphatic heterocycles. The molecule has 7 heteroatoms. The first-order valence-electron chi connectivity index (χ1n) is 9.55. The molecule has 3 aliphatic rings. The third-order valence-corrected chi connectivity index (χ3v) is 6.44. The van der Waals surface area contributed by atoms with Gasteiger partial charge >= 0.3 is 6.03 Å². The summed E-state index contributed by atoms with van der Waals surface area (Å²) in [4.78, 5) is 27.3. The molecule has 0 aromatic heterocycles. The summed E-state index contributed by atoms with van der Waals surface area (Å²) in [5, 5.41) is 2.36. The van der Waals surface area contributed by atoms with E-state index in [4.69, 9.17) is 9.47 Å². The number of ether oxygens (including phenoxy) is 2. The number of carbonyl (C=O) groups is 2. The van der Waals surface area contributed by atoms with Gasteiger partial charge in [0.15, 0.2) is 5.79 Å². The maximum Gasteiger partial charge on any atom is 0.328 e. The second-order valence-electron chi connectivity index (χ2n) is 7.93. The predicted molar refractivity (Wildman–Crippen MR) is 102 cm³/mol. The molecule has 4 rings (SSSR count). The zero-order valence-corrected chi connectivity index (χ0v) is 16.0. The van der Waals surface area contributed by atoms with E-state index in [0.717, 1.165) is 44.5 Å². The highest BCUT2D eigenvalue weighted by Gasteiger charge is 2.56. The number of hydrogen-bond acceptors (Lipinski definition) is 5. The fourth-order valence-electron chi connectivity index (χ4n) is 4.71. The Morgan fingerprint density at radius 3 is 2.07 bits per heavy atom. The lowest BCUT2D eigenvalue weighted by Gasteiger charge is -2.57. The Bertz CT molecular complexity index is 711. The van der Waals surface area contributed by atoms with Crippen molar-refractivity contribution < 1.29 is 19.1 Å². The Morgan fingerprint density at radius 2 is 1.52 bits per heavy atom. The number of nitrogens with zero attached hydrogens (tertiary/aromatic N) is 2. The van der Waals surface area contributed by atoms with E-state index in [1.807, 2.05) is 12.1 Å². The molecule has 2 heterocycles. The van der Waals surface area contributed by atoms with Crippen LogP contribution < -0.4 is 15.1 Å². The lowest BCUT2D eigenvalue weighted by atomic mass is 9.59. The lowest BCUT2D eigenvalue weighted by Crippen LogP contribution is -2.58. The first-order valence-corrected chi connectivity index (χ1v) is 9.55. The normalized spacial score (nSPS) is 23.9. The molecule has 146 valence electrons. The summed E-state index contributed by atoms with van der Waals surface area (Å²) in [5.74, 6) is -0.586. The highest BCUT2D eigenvalue weighted by molar-refractivity contribution is 6.05. The van der Waals surface area contributed by atoms with Gasteiger partial charge in [-0.3, -0.25) is 15.0 Å². The second-order valence-corrected chi connectivity index (χ2v) is 7.93. The zero-order valence-electron chi connectivity index (χ0n) is 16.0. The lowest BCUT2D eigenvalue weighted by molar-refractivity contribution is -0.300. The molecule has 1 aromatic rings. The summed E-state index contributed by atoms with van der Waals surface area (Å²) < 4.78 is 11.1. The van der Waals surface area contributed by atoms with E-state index >= 15 is 0 Å². The number of methoxy groups -OCH3 is 2. The van der Waals surface area contributed by atoms with Crippen molar-refractivity contribution in [2.75, 3.05) is 43.7 Å². The molecule has 1 N–H and O–H groups in total. The highest BCUT2D eigenvalue weighted by Crippen LogP contribution is 2.56. The van der Waals surface area contributed by atoms with Crippen molar-refractivity contribution >= 4 is 23.3 Å². The SMILES string of the molecule is COC1(OC)CC2(CCN(c3ccc(N4CCC(=O)NC4=O)cc3)CC2)C1. The topological polar surface area (TPSA) is 71.1 Å². The zero-order chi connectivity index (χ0) is 19.1. The summed E-state index contributed by atoms with van der Waals surface area (Å²) in [6.45, 7) is 2.46. The summed E-state index contributed by atoms with van der Waals surface area (Å²) in [5.41, 5.74) is 2.34. The summed E-state index contributed by atoms with van der Waals surface area (Å²) in [7, 11) is 3.46. The second kappa shape index (κ2) is 6.80. The van der Waals surface area contributed by atoms with E-state index in [1.54, 1.807) is 19.1 Å². The van der Waals surface area contributed by atoms with Crippen molar-refractivity contribution in [2.45, 2.75) is 37.9 Å². The van der Waals surface area contributed by atoms with E-state index in [1.165, 1.54) is 5.69 Å². The summed E-state index contributed by atoms with van der Waals surface area (Å²) >= 11 is 0. The molecular formula is C20H27N3O4. The maximum atomic E-state index is 12.0. The minimum Gasteiger partial charge on any atom is -0.371 e. The highest BCUT2D eigenvalue weighted by atomic mass is 16.7. The molecule has 3 fully saturated rings. The molecule has 27 heavy (non-hydrogen) atoms. The van der Waals surface area contributed by atoms with E-state index in [-0.39, 0.29) is 17.7 Å². The predicted octanol–water partition coefficient (Wildman–Crippen LogP) is 2.50. The summed E-state index contributed by atoms with van der Waals surface area (Å²) in [6.07, 6.45) is 4.57. The van der Waals surface area contributed by atoms with Crippen LogP contribution in [-0.4, -0.2) is 51.6 Å². The number of piperidine rings is 1. The number of imide groups is 1. The number of benzene rings is 1. The van der Waals surface area contributed by atoms with Gasteiger partial charge in [0.1, 0.15) is 0 Å². The first kappa shape index (κ1) is 18.3. The molecule has 0 atom stereocenters. The van der Waals surface area contributed by atoms with E-state index in [9.17, 15) is 9.59 Å². The van der Waals surface area contributed by atoms with Crippen molar-refractivity contribution in [3.8, 4) is 0 Å². The Morgan fingerprint density at radius 1 is 0.926 bits per heavy atom. The van der Waals surface area contributed by atoms with Gasteiger partial charge in [-0.15, -0.1) is 0 Å². The molecule has 0 bridgehead atoms.